The number of H-pyrrole nitrogens is 1. The second-order valence-electron chi connectivity index (χ2n) is 8.11. The number of aromatic nitrogens is 3. The molecule has 0 radical (unpaired) electrons. The number of rotatable bonds is 7. The Morgan fingerprint density at radius 3 is 2.94 bits per heavy atom. The number of fused-ring (bicyclic) bond motifs is 1. The Bertz CT molecular complexity index is 1190. The maximum Gasteiger partial charge on any atom is 0.139 e. The number of nitrogens with one attached hydrogen (secondary N) is 2. The van der Waals surface area contributed by atoms with Gasteiger partial charge in [-0.05, 0) is 36.6 Å². The molecule has 1 aliphatic rings. The largest absolute Gasteiger partial charge is 0.378 e. The van der Waals surface area contributed by atoms with Gasteiger partial charge >= 0.3 is 0 Å². The van der Waals surface area contributed by atoms with Gasteiger partial charge in [0.25, 0.3) is 0 Å². The Kier molecular flexibility index (Phi) is 6.30. The third-order valence-electron chi connectivity index (χ3n) is 5.95. The Hall–Kier alpha value is -2.61. The summed E-state index contributed by atoms with van der Waals surface area (Å²) in [5.41, 5.74) is 5.21. The molecule has 6 nitrogen and oxygen atoms in total. The first kappa shape index (κ1) is 21.2. The van der Waals surface area contributed by atoms with E-state index in [4.69, 9.17) is 16.3 Å². The number of hydrogen-bond donors (Lipinski definition) is 2. The van der Waals surface area contributed by atoms with Gasteiger partial charge < -0.3 is 19.9 Å². The molecule has 1 saturated heterocycles. The molecule has 1 aliphatic heterocycles. The number of pyridine rings is 1. The molecule has 0 amide bonds. The fourth-order valence-electron chi connectivity index (χ4n) is 4.15. The fraction of sp³-hybridized carbons (Fsp3) is 0.333. The van der Waals surface area contributed by atoms with Crippen molar-refractivity contribution in [1.82, 2.24) is 15.0 Å². The predicted octanol–water partition coefficient (Wildman–Crippen LogP) is 5.99. The molecule has 4 aromatic rings. The SMILES string of the molecule is CC(CCc1ccc(N2CCOCC2)c(Nc2c(Cl)cnc3[nH]ccc23)c1)c1nccs1. The van der Waals surface area contributed by atoms with Gasteiger partial charge in [-0.25, -0.2) is 9.97 Å². The van der Waals surface area contributed by atoms with Crippen LogP contribution in [0.15, 0.2) is 48.2 Å². The molecule has 166 valence electrons. The number of halogens is 1. The van der Waals surface area contributed by atoms with Crippen molar-refractivity contribution in [1.29, 1.82) is 0 Å². The summed E-state index contributed by atoms with van der Waals surface area (Å²) in [6, 6.07) is 8.73. The van der Waals surface area contributed by atoms with Crippen LogP contribution in [-0.4, -0.2) is 41.3 Å². The summed E-state index contributed by atoms with van der Waals surface area (Å²) in [4.78, 5) is 14.4. The maximum atomic E-state index is 6.57. The van der Waals surface area contributed by atoms with Crippen molar-refractivity contribution in [3.8, 4) is 0 Å². The third-order valence-corrected chi connectivity index (χ3v) is 7.25. The molecule has 0 spiro atoms. The van der Waals surface area contributed by atoms with E-state index in [9.17, 15) is 0 Å². The minimum absolute atomic E-state index is 0.444. The second kappa shape index (κ2) is 9.48. The minimum Gasteiger partial charge on any atom is -0.378 e. The zero-order chi connectivity index (χ0) is 21.9. The van der Waals surface area contributed by atoms with E-state index in [1.54, 1.807) is 17.5 Å². The van der Waals surface area contributed by atoms with Crippen LogP contribution in [-0.2, 0) is 11.2 Å². The van der Waals surface area contributed by atoms with E-state index < -0.39 is 0 Å². The third kappa shape index (κ3) is 4.46. The van der Waals surface area contributed by atoms with Gasteiger partial charge in [0, 0.05) is 42.2 Å². The Morgan fingerprint density at radius 1 is 1.25 bits per heavy atom. The number of aryl methyl sites for hydroxylation is 1. The van der Waals surface area contributed by atoms with Crippen molar-refractivity contribution < 1.29 is 4.74 Å². The van der Waals surface area contributed by atoms with E-state index >= 15 is 0 Å². The van der Waals surface area contributed by atoms with Gasteiger partial charge in [0.1, 0.15) is 5.65 Å². The molecule has 3 aromatic heterocycles. The molecule has 5 rings (SSSR count). The first-order chi connectivity index (χ1) is 15.7. The summed E-state index contributed by atoms with van der Waals surface area (Å²) in [5.74, 6) is 0.444. The lowest BCUT2D eigenvalue weighted by atomic mass is 10.0. The number of benzene rings is 1. The molecule has 2 N–H and O–H groups in total. The normalized spacial score (nSPS) is 15.2. The average molecular weight is 468 g/mol. The van der Waals surface area contributed by atoms with Gasteiger partial charge in [-0.15, -0.1) is 11.3 Å². The molecule has 1 aromatic carbocycles. The zero-order valence-corrected chi connectivity index (χ0v) is 19.5. The van der Waals surface area contributed by atoms with Crippen LogP contribution in [0.25, 0.3) is 11.0 Å². The van der Waals surface area contributed by atoms with E-state index in [1.807, 2.05) is 23.8 Å². The monoisotopic (exact) mass is 467 g/mol. The molecule has 32 heavy (non-hydrogen) atoms. The highest BCUT2D eigenvalue weighted by Crippen LogP contribution is 2.37. The van der Waals surface area contributed by atoms with E-state index in [2.05, 4.69) is 50.3 Å². The van der Waals surface area contributed by atoms with Crippen molar-refractivity contribution in [3.63, 3.8) is 0 Å². The van der Waals surface area contributed by atoms with Gasteiger partial charge in [0.15, 0.2) is 0 Å². The van der Waals surface area contributed by atoms with E-state index in [0.29, 0.717) is 10.9 Å². The topological polar surface area (TPSA) is 66.1 Å². The lowest BCUT2D eigenvalue weighted by Gasteiger charge is -2.31. The molecule has 4 heterocycles. The highest BCUT2D eigenvalue weighted by molar-refractivity contribution is 7.09. The Morgan fingerprint density at radius 2 is 2.12 bits per heavy atom. The first-order valence-corrected chi connectivity index (χ1v) is 12.2. The van der Waals surface area contributed by atoms with Crippen LogP contribution in [0, 0.1) is 0 Å². The van der Waals surface area contributed by atoms with E-state index in [0.717, 1.165) is 61.6 Å². The number of hydrogen-bond acceptors (Lipinski definition) is 6. The Labute approximate surface area is 196 Å². The predicted molar refractivity (Wildman–Crippen MR) is 133 cm³/mol. The average Bonchev–Trinajstić information content (AvgIpc) is 3.52. The second-order valence-corrected chi connectivity index (χ2v) is 9.44. The smallest absolute Gasteiger partial charge is 0.139 e. The van der Waals surface area contributed by atoms with Crippen molar-refractivity contribution in [2.24, 2.45) is 0 Å². The van der Waals surface area contributed by atoms with Crippen molar-refractivity contribution >= 4 is 51.0 Å². The van der Waals surface area contributed by atoms with Crippen LogP contribution in [0.3, 0.4) is 0 Å². The van der Waals surface area contributed by atoms with E-state index in [-0.39, 0.29) is 0 Å². The molecule has 8 heteroatoms. The highest BCUT2D eigenvalue weighted by atomic mass is 35.5. The van der Waals surface area contributed by atoms with Crippen LogP contribution in [0.2, 0.25) is 5.02 Å². The first-order valence-electron chi connectivity index (χ1n) is 10.9. The zero-order valence-electron chi connectivity index (χ0n) is 18.0. The fourth-order valence-corrected chi connectivity index (χ4v) is 5.08. The lowest BCUT2D eigenvalue weighted by molar-refractivity contribution is 0.123. The number of anilines is 3. The summed E-state index contributed by atoms with van der Waals surface area (Å²) in [6.07, 6.45) is 7.51. The standard InChI is InChI=1S/C24H26ClN5OS/c1-16(24-27-8-13-32-24)2-3-17-4-5-21(30-9-11-31-12-10-30)20(14-17)29-22-18-6-7-26-23(18)28-15-19(22)25/h4-8,13-16H,2-3,9-12H2,1H3,(H2,26,28,29). The minimum atomic E-state index is 0.444. The van der Waals surface area contributed by atoms with Gasteiger partial charge in [-0.1, -0.05) is 24.6 Å². The maximum absolute atomic E-state index is 6.57. The molecule has 0 saturated carbocycles. The molecular weight excluding hydrogens is 442 g/mol. The number of aromatic amines is 1. The van der Waals surface area contributed by atoms with Crippen molar-refractivity contribution in [2.75, 3.05) is 36.5 Å². The van der Waals surface area contributed by atoms with Crippen LogP contribution < -0.4 is 10.2 Å². The lowest BCUT2D eigenvalue weighted by Crippen LogP contribution is -2.36. The van der Waals surface area contributed by atoms with Crippen LogP contribution in [0.5, 0.6) is 0 Å². The van der Waals surface area contributed by atoms with Gasteiger partial charge in [-0.2, -0.15) is 0 Å². The summed E-state index contributed by atoms with van der Waals surface area (Å²) in [7, 11) is 0. The van der Waals surface area contributed by atoms with Crippen molar-refractivity contribution in [3.05, 3.63) is 63.8 Å². The highest BCUT2D eigenvalue weighted by Gasteiger charge is 2.18. The number of morpholine rings is 1. The van der Waals surface area contributed by atoms with Crippen LogP contribution in [0.1, 0.15) is 29.8 Å². The van der Waals surface area contributed by atoms with Gasteiger partial charge in [0.2, 0.25) is 0 Å². The summed E-state index contributed by atoms with van der Waals surface area (Å²) < 4.78 is 5.57. The summed E-state index contributed by atoms with van der Waals surface area (Å²) in [6.45, 7) is 5.48. The van der Waals surface area contributed by atoms with Crippen molar-refractivity contribution in [2.45, 2.75) is 25.7 Å². The van der Waals surface area contributed by atoms with E-state index in [1.165, 1.54) is 16.3 Å². The molecule has 0 aliphatic carbocycles. The number of ether oxygens (including phenoxy) is 1. The number of thiazole rings is 1. The molecule has 0 bridgehead atoms. The van der Waals surface area contributed by atoms with Crippen LogP contribution in [0.4, 0.5) is 17.1 Å². The summed E-state index contributed by atoms with van der Waals surface area (Å²) in [5, 5.41) is 8.47. The quantitative estimate of drug-likeness (QED) is 0.349. The molecule has 1 unspecified atom stereocenters. The Balaban J connectivity index is 1.45. The number of nitrogens with zero attached hydrogens (tertiary/aromatic N) is 3. The van der Waals surface area contributed by atoms with Crippen LogP contribution >= 0.6 is 22.9 Å². The van der Waals surface area contributed by atoms with Gasteiger partial charge in [-0.3, -0.25) is 0 Å². The summed E-state index contributed by atoms with van der Waals surface area (Å²) >= 11 is 8.30. The molecular formula is C24H26ClN5OS. The molecule has 1 fully saturated rings. The van der Waals surface area contributed by atoms with Gasteiger partial charge in [0.05, 0.1) is 46.5 Å². The molecule has 1 atom stereocenters.